The fourth-order valence-corrected chi connectivity index (χ4v) is 3.07. The third-order valence-electron chi connectivity index (χ3n) is 4.63. The first-order chi connectivity index (χ1) is 13.3. The van der Waals surface area contributed by atoms with Gasteiger partial charge in [0.2, 0.25) is 0 Å². The number of nitrogens with one attached hydrogen (secondary N) is 1. The van der Waals surface area contributed by atoms with Gasteiger partial charge in [0.1, 0.15) is 5.75 Å². The van der Waals surface area contributed by atoms with Crippen molar-refractivity contribution >= 4 is 5.91 Å². The maximum Gasteiger partial charge on any atom is 0.258 e. The smallest absolute Gasteiger partial charge is 0.258 e. The van der Waals surface area contributed by atoms with Gasteiger partial charge in [0.25, 0.3) is 5.91 Å². The van der Waals surface area contributed by atoms with Gasteiger partial charge in [-0.3, -0.25) is 4.79 Å². The molecule has 0 spiro atoms. The summed E-state index contributed by atoms with van der Waals surface area (Å²) in [6.45, 7) is 8.35. The summed E-state index contributed by atoms with van der Waals surface area (Å²) < 4.78 is 7.75. The van der Waals surface area contributed by atoms with E-state index in [1.165, 1.54) is 0 Å². The van der Waals surface area contributed by atoms with Crippen LogP contribution in [0.3, 0.4) is 0 Å². The third-order valence-corrected chi connectivity index (χ3v) is 4.63. The summed E-state index contributed by atoms with van der Waals surface area (Å²) in [5.74, 6) is 0.609. The van der Waals surface area contributed by atoms with Gasteiger partial charge in [0, 0.05) is 18.1 Å². The molecule has 146 valence electrons. The minimum atomic E-state index is -0.144. The Labute approximate surface area is 166 Å². The zero-order valence-corrected chi connectivity index (χ0v) is 16.8. The molecular formula is C23H27N3O2. The lowest BCUT2D eigenvalue weighted by molar-refractivity contribution is -0.123. The van der Waals surface area contributed by atoms with E-state index in [4.69, 9.17) is 4.74 Å². The fraction of sp³-hybridized carbons (Fsp3) is 0.304. The Morgan fingerprint density at radius 1 is 1.14 bits per heavy atom. The molecule has 1 aromatic heterocycles. The van der Waals surface area contributed by atoms with Crippen molar-refractivity contribution in [2.75, 3.05) is 6.61 Å². The van der Waals surface area contributed by atoms with Crippen molar-refractivity contribution in [2.24, 2.45) is 0 Å². The van der Waals surface area contributed by atoms with Gasteiger partial charge in [-0.15, -0.1) is 0 Å². The molecule has 2 aromatic carbocycles. The molecule has 5 nitrogen and oxygen atoms in total. The van der Waals surface area contributed by atoms with E-state index in [0.29, 0.717) is 0 Å². The fourth-order valence-electron chi connectivity index (χ4n) is 3.07. The molecule has 0 saturated carbocycles. The minimum absolute atomic E-state index is 0.00937. The van der Waals surface area contributed by atoms with Crippen LogP contribution in [0, 0.1) is 0 Å². The number of amides is 1. The number of hydrogen-bond donors (Lipinski definition) is 1. The highest BCUT2D eigenvalue weighted by Gasteiger charge is 2.19. The van der Waals surface area contributed by atoms with Crippen molar-refractivity contribution in [3.8, 4) is 11.4 Å². The Balaban J connectivity index is 1.58. The lowest BCUT2D eigenvalue weighted by Gasteiger charge is -2.23. The van der Waals surface area contributed by atoms with Crippen LogP contribution in [0.15, 0.2) is 67.3 Å². The summed E-state index contributed by atoms with van der Waals surface area (Å²) in [6, 6.07) is 15.8. The second-order valence-electron chi connectivity index (χ2n) is 7.89. The predicted octanol–water partition coefficient (Wildman–Crippen LogP) is 4.43. The number of carbonyl (C=O) groups excluding carboxylic acids is 1. The Morgan fingerprint density at radius 2 is 1.86 bits per heavy atom. The molecule has 0 bridgehead atoms. The van der Waals surface area contributed by atoms with Crippen molar-refractivity contribution in [3.63, 3.8) is 0 Å². The van der Waals surface area contributed by atoms with Crippen LogP contribution >= 0.6 is 0 Å². The minimum Gasteiger partial charge on any atom is -0.483 e. The average Bonchev–Trinajstić information content (AvgIpc) is 3.21. The average molecular weight is 377 g/mol. The molecule has 1 atom stereocenters. The zero-order valence-electron chi connectivity index (χ0n) is 16.8. The SMILES string of the molecule is C[C@H](NC(=O)COc1ccccc1C(C)(C)C)c1ccc(-n2ccnc2)cc1. The monoisotopic (exact) mass is 377 g/mol. The first-order valence-corrected chi connectivity index (χ1v) is 9.44. The molecule has 1 N–H and O–H groups in total. The number of hydrogen-bond acceptors (Lipinski definition) is 3. The molecule has 3 aromatic rings. The lowest BCUT2D eigenvalue weighted by Crippen LogP contribution is -2.31. The van der Waals surface area contributed by atoms with E-state index in [0.717, 1.165) is 22.6 Å². The molecule has 5 heteroatoms. The first-order valence-electron chi connectivity index (χ1n) is 9.44. The molecule has 1 heterocycles. The number of rotatable bonds is 6. The summed E-state index contributed by atoms with van der Waals surface area (Å²) in [4.78, 5) is 16.4. The zero-order chi connectivity index (χ0) is 20.1. The number of nitrogens with zero attached hydrogens (tertiary/aromatic N) is 2. The van der Waals surface area contributed by atoms with E-state index >= 15 is 0 Å². The largest absolute Gasteiger partial charge is 0.483 e. The van der Waals surface area contributed by atoms with E-state index < -0.39 is 0 Å². The molecule has 28 heavy (non-hydrogen) atoms. The highest BCUT2D eigenvalue weighted by molar-refractivity contribution is 5.78. The highest BCUT2D eigenvalue weighted by atomic mass is 16.5. The molecule has 0 unspecified atom stereocenters. The summed E-state index contributed by atoms with van der Waals surface area (Å²) in [5, 5.41) is 3.00. The molecule has 1 amide bonds. The second-order valence-corrected chi connectivity index (χ2v) is 7.89. The van der Waals surface area contributed by atoms with Crippen LogP contribution in [0.25, 0.3) is 5.69 Å². The van der Waals surface area contributed by atoms with Crippen LogP contribution in [-0.4, -0.2) is 22.1 Å². The van der Waals surface area contributed by atoms with Crippen LogP contribution in [0.2, 0.25) is 0 Å². The summed E-state index contributed by atoms with van der Waals surface area (Å²) in [5.41, 5.74) is 3.11. The molecule has 0 fully saturated rings. The molecule has 0 aliphatic heterocycles. The molecular weight excluding hydrogens is 350 g/mol. The standard InChI is InChI=1S/C23H27N3O2/c1-17(18-9-11-19(12-10-18)26-14-13-24-16-26)25-22(27)15-28-21-8-6-5-7-20(21)23(2,3)4/h5-14,16-17H,15H2,1-4H3,(H,25,27)/t17-/m0/s1. The maximum absolute atomic E-state index is 12.4. The number of aromatic nitrogens is 2. The van der Waals surface area contributed by atoms with Crippen LogP contribution < -0.4 is 10.1 Å². The second kappa shape index (κ2) is 8.30. The number of carbonyl (C=O) groups is 1. The Bertz CT molecular complexity index is 910. The molecule has 0 aliphatic carbocycles. The number of para-hydroxylation sites is 1. The quantitative estimate of drug-likeness (QED) is 0.691. The molecule has 0 radical (unpaired) electrons. The lowest BCUT2D eigenvalue weighted by atomic mass is 9.86. The van der Waals surface area contributed by atoms with E-state index in [-0.39, 0.29) is 24.0 Å². The van der Waals surface area contributed by atoms with Gasteiger partial charge < -0.3 is 14.6 Å². The van der Waals surface area contributed by atoms with E-state index in [1.54, 1.807) is 12.5 Å². The van der Waals surface area contributed by atoms with Gasteiger partial charge in [-0.2, -0.15) is 0 Å². The van der Waals surface area contributed by atoms with Gasteiger partial charge in [0.15, 0.2) is 6.61 Å². The summed E-state index contributed by atoms with van der Waals surface area (Å²) in [6.07, 6.45) is 5.40. The van der Waals surface area contributed by atoms with Crippen LogP contribution in [0.5, 0.6) is 5.75 Å². The Hall–Kier alpha value is -3.08. The maximum atomic E-state index is 12.4. The Kier molecular flexibility index (Phi) is 5.83. The molecule has 3 rings (SSSR count). The highest BCUT2D eigenvalue weighted by Crippen LogP contribution is 2.30. The van der Waals surface area contributed by atoms with Gasteiger partial charge in [-0.05, 0) is 41.7 Å². The topological polar surface area (TPSA) is 56.1 Å². The Morgan fingerprint density at radius 3 is 2.50 bits per heavy atom. The molecule has 0 aliphatic rings. The van der Waals surface area contributed by atoms with Gasteiger partial charge >= 0.3 is 0 Å². The number of ether oxygens (including phenoxy) is 1. The van der Waals surface area contributed by atoms with Gasteiger partial charge in [0.05, 0.1) is 12.4 Å². The van der Waals surface area contributed by atoms with E-state index in [2.05, 4.69) is 31.1 Å². The summed E-state index contributed by atoms with van der Waals surface area (Å²) >= 11 is 0. The van der Waals surface area contributed by atoms with Crippen molar-refractivity contribution in [2.45, 2.75) is 39.2 Å². The summed E-state index contributed by atoms with van der Waals surface area (Å²) in [7, 11) is 0. The van der Waals surface area contributed by atoms with Crippen molar-refractivity contribution in [1.29, 1.82) is 0 Å². The van der Waals surface area contributed by atoms with E-state index in [1.807, 2.05) is 66.2 Å². The third kappa shape index (κ3) is 4.80. The van der Waals surface area contributed by atoms with Gasteiger partial charge in [-0.25, -0.2) is 4.98 Å². The van der Waals surface area contributed by atoms with Crippen molar-refractivity contribution in [3.05, 3.63) is 78.4 Å². The van der Waals surface area contributed by atoms with Crippen molar-refractivity contribution < 1.29 is 9.53 Å². The van der Waals surface area contributed by atoms with Crippen LogP contribution in [0.4, 0.5) is 0 Å². The van der Waals surface area contributed by atoms with Crippen molar-refractivity contribution in [1.82, 2.24) is 14.9 Å². The predicted molar refractivity (Wildman–Crippen MR) is 111 cm³/mol. The van der Waals surface area contributed by atoms with E-state index in [9.17, 15) is 4.79 Å². The molecule has 0 saturated heterocycles. The van der Waals surface area contributed by atoms with Gasteiger partial charge in [-0.1, -0.05) is 51.1 Å². The first kappa shape index (κ1) is 19.7. The van der Waals surface area contributed by atoms with Crippen LogP contribution in [-0.2, 0) is 10.2 Å². The number of imidazole rings is 1. The number of benzene rings is 2. The normalized spacial score (nSPS) is 12.4. The van der Waals surface area contributed by atoms with Crippen LogP contribution in [0.1, 0.15) is 44.9 Å².